The minimum Gasteiger partial charge on any atom is -0.393 e. The fourth-order valence-corrected chi connectivity index (χ4v) is 2.48. The van der Waals surface area contributed by atoms with Crippen LogP contribution in [0.3, 0.4) is 0 Å². The molecule has 6 heteroatoms. The predicted octanol–water partition coefficient (Wildman–Crippen LogP) is 4.93. The Kier molecular flexibility index (Phi) is 4.66. The van der Waals surface area contributed by atoms with Crippen molar-refractivity contribution in [3.05, 3.63) is 64.4 Å². The molecule has 0 aliphatic rings. The van der Waals surface area contributed by atoms with Gasteiger partial charge < -0.3 is 16.4 Å². The Labute approximate surface area is 149 Å². The number of halogens is 1. The molecule has 0 aliphatic heterocycles. The summed E-state index contributed by atoms with van der Waals surface area (Å²) >= 11 is 3.42. The van der Waals surface area contributed by atoms with E-state index in [0.29, 0.717) is 17.3 Å². The average Bonchev–Trinajstić information content (AvgIpc) is 2.57. The molecule has 0 amide bonds. The van der Waals surface area contributed by atoms with Crippen LogP contribution in [0.1, 0.15) is 11.1 Å². The SMILES string of the molecule is Cc1ccc(Nc2ncnc(Nc3ccc(Br)cc3)c2N)cc1C. The summed E-state index contributed by atoms with van der Waals surface area (Å²) in [6.07, 6.45) is 1.49. The van der Waals surface area contributed by atoms with Crippen LogP contribution in [0.4, 0.5) is 28.7 Å². The minimum absolute atomic E-state index is 0.471. The number of aryl methyl sites for hydroxylation is 2. The fourth-order valence-electron chi connectivity index (χ4n) is 2.22. The molecule has 0 saturated carbocycles. The highest BCUT2D eigenvalue weighted by Crippen LogP contribution is 2.29. The number of aromatic nitrogens is 2. The number of rotatable bonds is 4. The smallest absolute Gasteiger partial charge is 0.159 e. The van der Waals surface area contributed by atoms with Gasteiger partial charge in [-0.25, -0.2) is 9.97 Å². The third-order valence-corrected chi connectivity index (χ3v) is 4.29. The van der Waals surface area contributed by atoms with Gasteiger partial charge in [0.05, 0.1) is 0 Å². The van der Waals surface area contributed by atoms with Crippen molar-refractivity contribution in [2.24, 2.45) is 0 Å². The van der Waals surface area contributed by atoms with Crippen molar-refractivity contribution in [2.45, 2.75) is 13.8 Å². The van der Waals surface area contributed by atoms with Gasteiger partial charge >= 0.3 is 0 Å². The lowest BCUT2D eigenvalue weighted by atomic mass is 10.1. The van der Waals surface area contributed by atoms with Gasteiger partial charge in [0.2, 0.25) is 0 Å². The summed E-state index contributed by atoms with van der Waals surface area (Å²) in [6.45, 7) is 4.16. The first-order chi connectivity index (χ1) is 11.5. The molecule has 3 aromatic rings. The van der Waals surface area contributed by atoms with Crippen LogP contribution >= 0.6 is 15.9 Å². The third-order valence-electron chi connectivity index (χ3n) is 3.76. The van der Waals surface area contributed by atoms with Crippen molar-refractivity contribution < 1.29 is 0 Å². The molecule has 1 heterocycles. The normalized spacial score (nSPS) is 10.5. The van der Waals surface area contributed by atoms with E-state index < -0.39 is 0 Å². The molecule has 122 valence electrons. The lowest BCUT2D eigenvalue weighted by molar-refractivity contribution is 1.17. The molecule has 4 N–H and O–H groups in total. The predicted molar refractivity (Wildman–Crippen MR) is 103 cm³/mol. The van der Waals surface area contributed by atoms with Gasteiger partial charge in [-0.15, -0.1) is 0 Å². The van der Waals surface area contributed by atoms with Crippen molar-refractivity contribution >= 4 is 44.6 Å². The van der Waals surface area contributed by atoms with Crippen LogP contribution in [0.5, 0.6) is 0 Å². The molecule has 0 saturated heterocycles. The van der Waals surface area contributed by atoms with Crippen LogP contribution in [0.15, 0.2) is 53.3 Å². The zero-order valence-corrected chi connectivity index (χ0v) is 15.1. The van der Waals surface area contributed by atoms with E-state index in [-0.39, 0.29) is 0 Å². The number of benzene rings is 2. The quantitative estimate of drug-likeness (QED) is 0.595. The van der Waals surface area contributed by atoms with Gasteiger partial charge in [-0.3, -0.25) is 0 Å². The van der Waals surface area contributed by atoms with Crippen molar-refractivity contribution in [1.29, 1.82) is 0 Å². The molecular formula is C18H18BrN5. The highest BCUT2D eigenvalue weighted by atomic mass is 79.9. The number of hydrogen-bond acceptors (Lipinski definition) is 5. The summed E-state index contributed by atoms with van der Waals surface area (Å²) < 4.78 is 1.01. The number of nitrogen functional groups attached to an aromatic ring is 1. The Bertz CT molecular complexity index is 862. The van der Waals surface area contributed by atoms with E-state index in [1.165, 1.54) is 17.5 Å². The molecule has 0 spiro atoms. The molecule has 1 aromatic heterocycles. The molecule has 24 heavy (non-hydrogen) atoms. The third kappa shape index (κ3) is 3.65. The van der Waals surface area contributed by atoms with E-state index in [2.05, 4.69) is 62.5 Å². The zero-order chi connectivity index (χ0) is 17.1. The summed E-state index contributed by atoms with van der Waals surface area (Å²) in [7, 11) is 0. The molecule has 0 fully saturated rings. The van der Waals surface area contributed by atoms with Crippen molar-refractivity contribution in [2.75, 3.05) is 16.4 Å². The zero-order valence-electron chi connectivity index (χ0n) is 13.5. The molecule has 0 atom stereocenters. The topological polar surface area (TPSA) is 75.9 Å². The lowest BCUT2D eigenvalue weighted by Gasteiger charge is -2.13. The first-order valence-electron chi connectivity index (χ1n) is 7.50. The van der Waals surface area contributed by atoms with Gasteiger partial charge in [0, 0.05) is 15.8 Å². The molecule has 0 bridgehead atoms. The van der Waals surface area contributed by atoms with Gasteiger partial charge in [0.15, 0.2) is 11.6 Å². The number of anilines is 5. The van der Waals surface area contributed by atoms with Crippen molar-refractivity contribution in [3.8, 4) is 0 Å². The first kappa shape index (κ1) is 16.3. The van der Waals surface area contributed by atoms with Gasteiger partial charge in [0.25, 0.3) is 0 Å². The highest BCUT2D eigenvalue weighted by molar-refractivity contribution is 9.10. The maximum atomic E-state index is 6.22. The lowest BCUT2D eigenvalue weighted by Crippen LogP contribution is -2.05. The molecule has 2 aromatic carbocycles. The van der Waals surface area contributed by atoms with Crippen LogP contribution < -0.4 is 16.4 Å². The van der Waals surface area contributed by atoms with E-state index in [1.807, 2.05) is 30.3 Å². The molecule has 0 aliphatic carbocycles. The largest absolute Gasteiger partial charge is 0.393 e. The van der Waals surface area contributed by atoms with Crippen LogP contribution in [0.2, 0.25) is 0 Å². The number of nitrogens with one attached hydrogen (secondary N) is 2. The number of nitrogens with zero attached hydrogens (tertiary/aromatic N) is 2. The van der Waals surface area contributed by atoms with Gasteiger partial charge in [0.1, 0.15) is 12.0 Å². The van der Waals surface area contributed by atoms with E-state index >= 15 is 0 Å². The average molecular weight is 384 g/mol. The van der Waals surface area contributed by atoms with Gasteiger partial charge in [-0.2, -0.15) is 0 Å². The second-order valence-electron chi connectivity index (χ2n) is 5.54. The molecule has 5 nitrogen and oxygen atoms in total. The first-order valence-corrected chi connectivity index (χ1v) is 8.29. The van der Waals surface area contributed by atoms with Gasteiger partial charge in [-0.05, 0) is 61.4 Å². The molecule has 0 unspecified atom stereocenters. The van der Waals surface area contributed by atoms with Gasteiger partial charge in [-0.1, -0.05) is 22.0 Å². The van der Waals surface area contributed by atoms with E-state index in [1.54, 1.807) is 0 Å². The summed E-state index contributed by atoms with van der Waals surface area (Å²) in [6, 6.07) is 13.9. The summed E-state index contributed by atoms with van der Waals surface area (Å²) in [5.41, 5.74) is 11.0. The van der Waals surface area contributed by atoms with Crippen molar-refractivity contribution in [1.82, 2.24) is 9.97 Å². The minimum atomic E-state index is 0.471. The summed E-state index contributed by atoms with van der Waals surface area (Å²) in [5, 5.41) is 6.46. The van der Waals surface area contributed by atoms with Crippen LogP contribution in [-0.2, 0) is 0 Å². The summed E-state index contributed by atoms with van der Waals surface area (Å²) in [4.78, 5) is 8.48. The monoisotopic (exact) mass is 383 g/mol. The Morgan fingerprint density at radius 2 is 1.42 bits per heavy atom. The molecule has 3 rings (SSSR count). The Morgan fingerprint density at radius 1 is 0.833 bits per heavy atom. The Morgan fingerprint density at radius 3 is 2.04 bits per heavy atom. The molecule has 0 radical (unpaired) electrons. The van der Waals surface area contributed by atoms with E-state index in [0.717, 1.165) is 15.8 Å². The summed E-state index contributed by atoms with van der Waals surface area (Å²) in [5.74, 6) is 1.14. The van der Waals surface area contributed by atoms with Crippen LogP contribution in [-0.4, -0.2) is 9.97 Å². The molecular weight excluding hydrogens is 366 g/mol. The highest BCUT2D eigenvalue weighted by Gasteiger charge is 2.09. The Balaban J connectivity index is 1.84. The fraction of sp³-hybridized carbons (Fsp3) is 0.111. The Hall–Kier alpha value is -2.60. The van der Waals surface area contributed by atoms with Crippen LogP contribution in [0.25, 0.3) is 0 Å². The van der Waals surface area contributed by atoms with E-state index in [4.69, 9.17) is 5.73 Å². The second kappa shape index (κ2) is 6.88. The van der Waals surface area contributed by atoms with Crippen LogP contribution in [0, 0.1) is 13.8 Å². The maximum Gasteiger partial charge on any atom is 0.159 e. The van der Waals surface area contributed by atoms with E-state index in [9.17, 15) is 0 Å². The standard InChI is InChI=1S/C18H18BrN5/c1-11-3-6-15(9-12(11)2)24-18-16(20)17(21-10-22-18)23-14-7-4-13(19)5-8-14/h3-10H,20H2,1-2H3,(H2,21,22,23,24). The second-order valence-corrected chi connectivity index (χ2v) is 6.46. The number of nitrogens with two attached hydrogens (primary N) is 1. The van der Waals surface area contributed by atoms with Crippen molar-refractivity contribution in [3.63, 3.8) is 0 Å². The number of hydrogen-bond donors (Lipinski definition) is 3. The maximum absolute atomic E-state index is 6.22.